The van der Waals surface area contributed by atoms with Gasteiger partial charge >= 0.3 is 0 Å². The van der Waals surface area contributed by atoms with E-state index in [1.54, 1.807) is 0 Å². The van der Waals surface area contributed by atoms with Gasteiger partial charge in [0.2, 0.25) is 0 Å². The van der Waals surface area contributed by atoms with Gasteiger partial charge in [0.05, 0.1) is 3.79 Å². The first-order valence-corrected chi connectivity index (χ1v) is 5.70. The van der Waals surface area contributed by atoms with Gasteiger partial charge in [-0.05, 0) is 47.3 Å². The topological polar surface area (TPSA) is 0 Å². The van der Waals surface area contributed by atoms with Crippen LogP contribution in [0.1, 0.15) is 18.7 Å². The minimum absolute atomic E-state index is 0.653. The lowest BCUT2D eigenvalue weighted by Gasteiger charge is -2.01. The summed E-state index contributed by atoms with van der Waals surface area (Å²) in [5.41, 5.74) is 0. The van der Waals surface area contributed by atoms with Crippen LogP contribution < -0.4 is 0 Å². The van der Waals surface area contributed by atoms with Crippen molar-refractivity contribution in [3.05, 3.63) is 32.9 Å². The molecule has 0 saturated carbocycles. The lowest BCUT2D eigenvalue weighted by molar-refractivity contribution is 0.731. The molecule has 1 atom stereocenters. The smallest absolute Gasteiger partial charge is 0.0701 e. The van der Waals surface area contributed by atoms with Crippen molar-refractivity contribution >= 4 is 27.3 Å². The molecule has 0 amide bonds. The fourth-order valence-corrected chi connectivity index (χ4v) is 2.80. The number of rotatable bonds is 3. The van der Waals surface area contributed by atoms with Crippen molar-refractivity contribution in [3.8, 4) is 0 Å². The van der Waals surface area contributed by atoms with Crippen LogP contribution in [0.5, 0.6) is 0 Å². The Balaban J connectivity index is 2.52. The predicted octanol–water partition coefficient (Wildman–Crippen LogP) is 4.27. The van der Waals surface area contributed by atoms with Gasteiger partial charge < -0.3 is 0 Å². The summed E-state index contributed by atoms with van der Waals surface area (Å²) in [5, 5.41) is 0. The highest BCUT2D eigenvalue weighted by Crippen LogP contribution is 2.24. The molecular formula is C10H13BrS. The van der Waals surface area contributed by atoms with Crippen LogP contribution in [0.4, 0.5) is 0 Å². The van der Waals surface area contributed by atoms with Crippen LogP contribution >= 0.6 is 27.3 Å². The molecule has 0 bridgehead atoms. The number of thiophene rings is 1. The largest absolute Gasteiger partial charge is 0.133 e. The molecule has 0 aliphatic carbocycles. The molecular weight excluding hydrogens is 232 g/mol. The summed E-state index contributed by atoms with van der Waals surface area (Å²) in [7, 11) is 0. The van der Waals surface area contributed by atoms with Crippen LogP contribution in [0.15, 0.2) is 28.1 Å². The maximum absolute atomic E-state index is 3.46. The predicted molar refractivity (Wildman–Crippen MR) is 59.7 cm³/mol. The second-order valence-electron chi connectivity index (χ2n) is 2.91. The van der Waals surface area contributed by atoms with Crippen LogP contribution in [0, 0.1) is 5.92 Å². The van der Waals surface area contributed by atoms with E-state index < -0.39 is 0 Å². The average Bonchev–Trinajstić information content (AvgIpc) is 2.36. The fourth-order valence-electron chi connectivity index (χ4n) is 1.18. The maximum Gasteiger partial charge on any atom is 0.0701 e. The molecule has 1 aromatic rings. The second kappa shape index (κ2) is 4.83. The van der Waals surface area contributed by atoms with Crippen molar-refractivity contribution in [2.45, 2.75) is 20.3 Å². The molecule has 0 aliphatic rings. The Morgan fingerprint density at radius 3 is 2.83 bits per heavy atom. The Labute approximate surface area is 86.4 Å². The lowest BCUT2D eigenvalue weighted by Crippen LogP contribution is -1.92. The molecule has 1 heterocycles. The van der Waals surface area contributed by atoms with Gasteiger partial charge in [-0.25, -0.2) is 0 Å². The number of allylic oxidation sites excluding steroid dienone is 2. The van der Waals surface area contributed by atoms with Crippen LogP contribution in [-0.2, 0) is 6.42 Å². The molecule has 12 heavy (non-hydrogen) atoms. The summed E-state index contributed by atoms with van der Waals surface area (Å²) >= 11 is 5.29. The molecule has 1 aromatic heterocycles. The van der Waals surface area contributed by atoms with E-state index in [0.29, 0.717) is 5.92 Å². The first kappa shape index (κ1) is 10.0. The van der Waals surface area contributed by atoms with E-state index in [0.717, 1.165) is 6.42 Å². The van der Waals surface area contributed by atoms with Gasteiger partial charge in [0.25, 0.3) is 0 Å². The zero-order chi connectivity index (χ0) is 8.97. The van der Waals surface area contributed by atoms with Gasteiger partial charge in [-0.15, -0.1) is 11.3 Å². The molecule has 0 N–H and O–H groups in total. The summed E-state index contributed by atoms with van der Waals surface area (Å²) in [4.78, 5) is 1.45. The molecule has 0 aromatic carbocycles. The highest BCUT2D eigenvalue weighted by molar-refractivity contribution is 9.11. The minimum atomic E-state index is 0.653. The van der Waals surface area contributed by atoms with Crippen molar-refractivity contribution in [2.24, 2.45) is 5.92 Å². The third-order valence-electron chi connectivity index (χ3n) is 1.67. The number of hydrogen-bond acceptors (Lipinski definition) is 1. The van der Waals surface area contributed by atoms with Crippen LogP contribution in [0.2, 0.25) is 0 Å². The first-order valence-electron chi connectivity index (χ1n) is 4.09. The van der Waals surface area contributed by atoms with Gasteiger partial charge in [-0.1, -0.05) is 19.1 Å². The van der Waals surface area contributed by atoms with Gasteiger partial charge in [-0.2, -0.15) is 0 Å². The van der Waals surface area contributed by atoms with Crippen molar-refractivity contribution in [3.63, 3.8) is 0 Å². The van der Waals surface area contributed by atoms with Crippen molar-refractivity contribution in [2.75, 3.05) is 0 Å². The van der Waals surface area contributed by atoms with Crippen LogP contribution in [0.25, 0.3) is 0 Å². The van der Waals surface area contributed by atoms with Gasteiger partial charge in [0, 0.05) is 4.88 Å². The maximum atomic E-state index is 3.46. The van der Waals surface area contributed by atoms with E-state index in [1.807, 2.05) is 11.3 Å². The molecule has 0 radical (unpaired) electrons. The highest BCUT2D eigenvalue weighted by atomic mass is 79.9. The Morgan fingerprint density at radius 1 is 1.58 bits per heavy atom. The molecule has 0 nitrogen and oxygen atoms in total. The molecule has 66 valence electrons. The highest BCUT2D eigenvalue weighted by Gasteiger charge is 2.01. The van der Waals surface area contributed by atoms with E-state index in [1.165, 1.54) is 8.66 Å². The van der Waals surface area contributed by atoms with Gasteiger partial charge in [-0.3, -0.25) is 0 Å². The molecule has 0 saturated heterocycles. The summed E-state index contributed by atoms with van der Waals surface area (Å²) < 4.78 is 1.23. The van der Waals surface area contributed by atoms with Gasteiger partial charge in [0.1, 0.15) is 0 Å². The molecule has 1 rings (SSSR count). The van der Waals surface area contributed by atoms with Crippen LogP contribution in [-0.4, -0.2) is 0 Å². The lowest BCUT2D eigenvalue weighted by atomic mass is 10.1. The molecule has 0 fully saturated rings. The third kappa shape index (κ3) is 3.11. The number of hydrogen-bond donors (Lipinski definition) is 0. The van der Waals surface area contributed by atoms with Crippen molar-refractivity contribution < 1.29 is 0 Å². The zero-order valence-electron chi connectivity index (χ0n) is 7.38. The van der Waals surface area contributed by atoms with Gasteiger partial charge in [0.15, 0.2) is 0 Å². The van der Waals surface area contributed by atoms with Crippen molar-refractivity contribution in [1.82, 2.24) is 0 Å². The Hall–Kier alpha value is -0.0800. The SMILES string of the molecule is C/C=C\C(C)Cc1ccc(Br)s1. The van der Waals surface area contributed by atoms with E-state index in [2.05, 4.69) is 54.1 Å². The molecule has 1 unspecified atom stereocenters. The molecule has 2 heteroatoms. The van der Waals surface area contributed by atoms with Crippen molar-refractivity contribution in [1.29, 1.82) is 0 Å². The Kier molecular flexibility index (Phi) is 4.02. The quantitative estimate of drug-likeness (QED) is 0.698. The number of halogens is 1. The van der Waals surface area contributed by atoms with E-state index in [9.17, 15) is 0 Å². The Morgan fingerprint density at radius 2 is 2.33 bits per heavy atom. The van der Waals surface area contributed by atoms with E-state index >= 15 is 0 Å². The normalized spacial score (nSPS) is 13.9. The third-order valence-corrected chi connectivity index (χ3v) is 3.32. The zero-order valence-corrected chi connectivity index (χ0v) is 9.78. The Bertz CT molecular complexity index is 263. The fraction of sp³-hybridized carbons (Fsp3) is 0.400. The summed E-state index contributed by atoms with van der Waals surface area (Å²) in [6.45, 7) is 4.31. The molecule has 0 spiro atoms. The first-order chi connectivity index (χ1) is 5.72. The standard InChI is InChI=1S/C10H13BrS/c1-3-4-8(2)7-9-5-6-10(11)12-9/h3-6,8H,7H2,1-2H3/b4-3-. The second-order valence-corrected chi connectivity index (χ2v) is 5.46. The summed E-state index contributed by atoms with van der Waals surface area (Å²) in [6, 6.07) is 4.30. The van der Waals surface area contributed by atoms with E-state index in [-0.39, 0.29) is 0 Å². The molecule has 0 aliphatic heterocycles. The summed E-state index contributed by atoms with van der Waals surface area (Å²) in [6.07, 6.45) is 5.52. The van der Waals surface area contributed by atoms with E-state index in [4.69, 9.17) is 0 Å². The monoisotopic (exact) mass is 244 g/mol. The van der Waals surface area contributed by atoms with Crippen LogP contribution in [0.3, 0.4) is 0 Å². The average molecular weight is 245 g/mol. The minimum Gasteiger partial charge on any atom is -0.133 e. The summed E-state index contributed by atoms with van der Waals surface area (Å²) in [5.74, 6) is 0.653.